The first kappa shape index (κ1) is 93.3. The van der Waals surface area contributed by atoms with Gasteiger partial charge >= 0.3 is 0 Å². The fourth-order valence-corrected chi connectivity index (χ4v) is 12.9. The minimum Gasteiger partial charge on any atom is -0.368 e. The molecule has 4 aromatic heterocycles. The van der Waals surface area contributed by atoms with Crippen molar-refractivity contribution in [2.45, 2.75) is 166 Å². The lowest BCUT2D eigenvalue weighted by Crippen LogP contribution is -2.57. The molecule has 15 amide bonds. The molecule has 38 heteroatoms. The van der Waals surface area contributed by atoms with Gasteiger partial charge in [0.15, 0.2) is 0 Å². The van der Waals surface area contributed by atoms with E-state index in [4.69, 9.17) is 17.2 Å². The molecule has 648 valence electrons. The van der Waals surface area contributed by atoms with Crippen molar-refractivity contribution in [3.05, 3.63) is 192 Å². The molecular weight excluding hydrogens is 1570 g/mol. The summed E-state index contributed by atoms with van der Waals surface area (Å²) in [7, 11) is 0. The SMILES string of the molecule is CC(=O)NCC(=O)N[C@@H](Cc1c[nH]cn1)C(=O)N[C@H](CCCCN)C(=O)N/C(=C\c1ccccc1)C(=O)N[C@@H](Cc1c[nH]c2ccccc12)C(=O)N[C@@H](C)C(=O)NCCCC[C@@H](NC(=O)[C@H](C)NC(=O)[C@H](Cc1c[nH]c2ccccc12)NC(=O)/C(=C\c1ccccc1)NC(=O)[C@@H](CCCCN)NC(=O)[C@H](Cc1c[nH]cn1)NC(=O)CNC(C)=O)C(N)=O. The summed E-state index contributed by atoms with van der Waals surface area (Å²) in [6.07, 6.45) is 13.3. The number of imidazole rings is 2. The van der Waals surface area contributed by atoms with E-state index < -0.39 is 156 Å². The molecule has 0 bridgehead atoms. The molecule has 0 saturated carbocycles. The summed E-state index contributed by atoms with van der Waals surface area (Å²) in [5.41, 5.74) is 21.1. The Bertz CT molecular complexity index is 4970. The van der Waals surface area contributed by atoms with E-state index in [0.29, 0.717) is 70.2 Å². The van der Waals surface area contributed by atoms with Crippen LogP contribution in [0, 0.1) is 0 Å². The molecule has 0 radical (unpaired) electrons. The van der Waals surface area contributed by atoms with Gasteiger partial charge in [0.2, 0.25) is 76.8 Å². The Hall–Kier alpha value is -14.2. The minimum atomic E-state index is -1.47. The molecule has 8 aromatic rings. The molecule has 0 aliphatic carbocycles. The second-order valence-corrected chi connectivity index (χ2v) is 29.1. The molecule has 38 nitrogen and oxygen atoms in total. The molecule has 0 aliphatic heterocycles. The standard InChI is InChI=1S/C84H107N23O15/c1-49(97-79(117)68(37-55-41-93-61-27-13-11-25-59(55)61)106-81(119)66(35-53-21-7-5-8-22-53)104-77(115)64(30-15-18-32-85)102-83(121)70(39-57-43-88-47-95-57)99-72(110)45-91-51(3)108)75(113)90-34-20-17-29-63(74(87)112)101-76(114)50(2)98-80(118)69(38-56-42-94-62-28-14-12-26-60(56)62)107-82(120)67(36-54-23-9-6-10-24-54)105-78(116)65(31-16-19-33-86)103-84(122)71(40-58-44-89-48-96-58)100-73(111)46-92-52(4)109/h5-14,21-28,35-36,41-44,47-50,63-65,68-71,93-94H,15-20,29-34,37-40,45-46,85-86H2,1-4H3,(H2,87,112)(H,88,95)(H,89,96)(H,90,113)(H,91,108)(H,92,109)(H,97,117)(H,98,118)(H,99,110)(H,100,111)(H,101,114)(H,102,121)(H,103,122)(H,104,115)(H,105,116)(H,106,119)(H,107,120)/b66-35-,67-36+/t49-,50-,63+,64+,65+,68-,69-,70-,71-/m0/s1. The van der Waals surface area contributed by atoms with E-state index in [2.05, 4.69) is 104 Å². The smallest absolute Gasteiger partial charge is 0.268 e. The fraction of sp³-hybridized carbons (Fsp3) is 0.369. The van der Waals surface area contributed by atoms with Gasteiger partial charge in [0.25, 0.3) is 11.8 Å². The highest BCUT2D eigenvalue weighted by atomic mass is 16.2. The van der Waals surface area contributed by atoms with E-state index >= 15 is 0 Å². The number of hydrogen-bond acceptors (Lipinski definition) is 19. The maximum absolute atomic E-state index is 14.9. The molecule has 24 N–H and O–H groups in total. The number of amides is 15. The molecule has 4 aromatic carbocycles. The van der Waals surface area contributed by atoms with Gasteiger partial charge in [-0.2, -0.15) is 0 Å². The van der Waals surface area contributed by atoms with Crippen molar-refractivity contribution in [1.29, 1.82) is 0 Å². The number of hydrogen-bond donors (Lipinski definition) is 21. The molecule has 8 rings (SSSR count). The molecule has 9 atom stereocenters. The van der Waals surface area contributed by atoms with Crippen LogP contribution < -0.4 is 91.6 Å². The Morgan fingerprint density at radius 1 is 0.385 bits per heavy atom. The first-order valence-electron chi connectivity index (χ1n) is 40.0. The number of nitrogens with zero attached hydrogens (tertiary/aromatic N) is 2. The molecule has 4 heterocycles. The Kier molecular flexibility index (Phi) is 36.7. The number of fused-ring (bicyclic) bond motifs is 2. The highest BCUT2D eigenvalue weighted by Gasteiger charge is 2.35. The first-order chi connectivity index (χ1) is 58.6. The third-order valence-electron chi connectivity index (χ3n) is 19.4. The summed E-state index contributed by atoms with van der Waals surface area (Å²) in [6, 6.07) is 19.3. The Labute approximate surface area is 702 Å². The summed E-state index contributed by atoms with van der Waals surface area (Å²) in [6.45, 7) is 4.80. The second kappa shape index (κ2) is 48.0. The average molecular weight is 1680 g/mol. The zero-order valence-corrected chi connectivity index (χ0v) is 68.2. The summed E-state index contributed by atoms with van der Waals surface area (Å²) in [5, 5.41) is 38.3. The van der Waals surface area contributed by atoms with Crippen LogP contribution in [0.3, 0.4) is 0 Å². The highest BCUT2D eigenvalue weighted by Crippen LogP contribution is 2.23. The number of para-hydroxylation sites is 2. The predicted octanol–water partition coefficient (Wildman–Crippen LogP) is -0.614. The van der Waals surface area contributed by atoms with Gasteiger partial charge in [-0.3, -0.25) is 71.9 Å². The average Bonchev–Trinajstić information content (AvgIpc) is 1.65. The Balaban J connectivity index is 0.912. The van der Waals surface area contributed by atoms with Crippen LogP contribution in [0.2, 0.25) is 0 Å². The molecule has 0 unspecified atom stereocenters. The van der Waals surface area contributed by atoms with E-state index in [1.807, 2.05) is 24.3 Å². The quantitative estimate of drug-likeness (QED) is 0.0167. The van der Waals surface area contributed by atoms with Crippen LogP contribution in [0.25, 0.3) is 34.0 Å². The minimum absolute atomic E-state index is 0.00156. The van der Waals surface area contributed by atoms with Crippen LogP contribution >= 0.6 is 0 Å². The maximum Gasteiger partial charge on any atom is 0.268 e. The van der Waals surface area contributed by atoms with Gasteiger partial charge in [-0.25, -0.2) is 9.97 Å². The molecular formula is C84H107N23O15. The lowest BCUT2D eigenvalue weighted by Gasteiger charge is -2.25. The Morgan fingerprint density at radius 3 is 1.16 bits per heavy atom. The number of nitrogens with one attached hydrogen (secondary N) is 18. The second-order valence-electron chi connectivity index (χ2n) is 29.1. The number of carbonyl (C=O) groups excluding carboxylic acids is 15. The van der Waals surface area contributed by atoms with Crippen molar-refractivity contribution in [1.82, 2.24) is 104 Å². The van der Waals surface area contributed by atoms with Crippen molar-refractivity contribution in [2.24, 2.45) is 17.2 Å². The zero-order chi connectivity index (χ0) is 88.0. The van der Waals surface area contributed by atoms with Crippen molar-refractivity contribution in [2.75, 3.05) is 32.7 Å². The predicted molar refractivity (Wildman–Crippen MR) is 452 cm³/mol. The number of rotatable bonds is 49. The van der Waals surface area contributed by atoms with Crippen molar-refractivity contribution < 1.29 is 71.9 Å². The van der Waals surface area contributed by atoms with Gasteiger partial charge in [0, 0.05) is 92.7 Å². The van der Waals surface area contributed by atoms with E-state index in [-0.39, 0.29) is 88.8 Å². The van der Waals surface area contributed by atoms with Crippen LogP contribution in [0.1, 0.15) is 119 Å². The highest BCUT2D eigenvalue weighted by molar-refractivity contribution is 6.07. The van der Waals surface area contributed by atoms with Crippen LogP contribution in [-0.4, -0.2) is 206 Å². The molecule has 0 spiro atoms. The van der Waals surface area contributed by atoms with Gasteiger partial charge in [-0.1, -0.05) is 97.1 Å². The van der Waals surface area contributed by atoms with Crippen LogP contribution in [0.5, 0.6) is 0 Å². The largest absolute Gasteiger partial charge is 0.368 e. The number of primary amides is 1. The monoisotopic (exact) mass is 1680 g/mol. The number of unbranched alkanes of at least 4 members (excludes halogenated alkanes) is 3. The van der Waals surface area contributed by atoms with E-state index in [9.17, 15) is 71.9 Å². The van der Waals surface area contributed by atoms with Gasteiger partial charge in [-0.15, -0.1) is 0 Å². The lowest BCUT2D eigenvalue weighted by molar-refractivity contribution is -0.133. The maximum atomic E-state index is 14.9. The van der Waals surface area contributed by atoms with E-state index in [1.165, 1.54) is 64.9 Å². The molecule has 0 saturated heterocycles. The van der Waals surface area contributed by atoms with Crippen LogP contribution in [-0.2, 0) is 97.6 Å². The number of H-pyrrole nitrogens is 4. The number of nitrogens with two attached hydrogens (primary N) is 3. The summed E-state index contributed by atoms with van der Waals surface area (Å²) in [5.74, 6) is -11.7. The van der Waals surface area contributed by atoms with Gasteiger partial charge in [0.1, 0.15) is 65.8 Å². The van der Waals surface area contributed by atoms with Gasteiger partial charge in [-0.05, 0) is 131 Å². The summed E-state index contributed by atoms with van der Waals surface area (Å²) < 4.78 is 0. The normalized spacial score (nSPS) is 13.6. The number of benzene rings is 4. The molecule has 0 aliphatic rings. The molecule has 122 heavy (non-hydrogen) atoms. The summed E-state index contributed by atoms with van der Waals surface area (Å²) in [4.78, 5) is 227. The third-order valence-corrected chi connectivity index (χ3v) is 19.4. The van der Waals surface area contributed by atoms with Crippen LogP contribution in [0.15, 0.2) is 158 Å². The summed E-state index contributed by atoms with van der Waals surface area (Å²) >= 11 is 0. The first-order valence-corrected chi connectivity index (χ1v) is 40.0. The lowest BCUT2D eigenvalue weighted by atomic mass is 10.0. The number of carbonyl (C=O) groups is 15. The fourth-order valence-electron chi connectivity index (χ4n) is 12.9. The van der Waals surface area contributed by atoms with Gasteiger partial charge < -0.3 is 112 Å². The van der Waals surface area contributed by atoms with E-state index in [1.54, 1.807) is 97.3 Å². The van der Waals surface area contributed by atoms with Gasteiger partial charge in [0.05, 0.1) is 37.1 Å². The topological polar surface area (TPSA) is 591 Å². The third kappa shape index (κ3) is 30.3. The number of aromatic amines is 4. The number of aromatic nitrogens is 6. The van der Waals surface area contributed by atoms with Crippen molar-refractivity contribution >= 4 is 123 Å². The van der Waals surface area contributed by atoms with Crippen LogP contribution in [0.4, 0.5) is 0 Å². The van der Waals surface area contributed by atoms with E-state index in [0.717, 1.165) is 10.9 Å². The molecule has 0 fully saturated rings. The zero-order valence-electron chi connectivity index (χ0n) is 68.2. The Morgan fingerprint density at radius 2 is 0.762 bits per heavy atom. The van der Waals surface area contributed by atoms with Crippen molar-refractivity contribution in [3.63, 3.8) is 0 Å². The van der Waals surface area contributed by atoms with Crippen molar-refractivity contribution in [3.8, 4) is 0 Å².